The summed E-state index contributed by atoms with van der Waals surface area (Å²) < 4.78 is 15.8. The molecular weight excluding hydrogens is 367 g/mol. The maximum atomic E-state index is 13.8. The van der Waals surface area contributed by atoms with Gasteiger partial charge in [-0.25, -0.2) is 14.2 Å². The number of fused-ring (bicyclic) bond motifs is 1. The molecule has 1 amide bonds. The summed E-state index contributed by atoms with van der Waals surface area (Å²) in [6, 6.07) is 6.14. The van der Waals surface area contributed by atoms with Crippen LogP contribution in [0.5, 0.6) is 0 Å². The van der Waals surface area contributed by atoms with Crippen LogP contribution in [0.2, 0.25) is 0 Å². The number of carbonyl (C=O) groups is 1. The van der Waals surface area contributed by atoms with Crippen LogP contribution in [-0.2, 0) is 6.54 Å². The number of amides is 1. The number of aromatic nitrogens is 3. The fourth-order valence-electron chi connectivity index (χ4n) is 2.23. The van der Waals surface area contributed by atoms with E-state index in [1.54, 1.807) is 18.3 Å². The largest absolute Gasteiger partial charge is 0.350 e. The van der Waals surface area contributed by atoms with Gasteiger partial charge in [0, 0.05) is 35.3 Å². The van der Waals surface area contributed by atoms with E-state index in [-0.39, 0.29) is 23.8 Å². The van der Waals surface area contributed by atoms with Crippen LogP contribution < -0.4 is 11.0 Å². The predicted molar refractivity (Wildman–Crippen MR) is 86.8 cm³/mol. The van der Waals surface area contributed by atoms with Crippen LogP contribution in [0.25, 0.3) is 10.9 Å². The lowest BCUT2D eigenvalue weighted by molar-refractivity contribution is 0.0948. The zero-order valence-corrected chi connectivity index (χ0v) is 13.4. The van der Waals surface area contributed by atoms with E-state index in [9.17, 15) is 14.0 Å². The van der Waals surface area contributed by atoms with E-state index < -0.39 is 5.82 Å². The third-order valence-electron chi connectivity index (χ3n) is 3.32. The summed E-state index contributed by atoms with van der Waals surface area (Å²) in [5, 5.41) is 3.03. The summed E-state index contributed by atoms with van der Waals surface area (Å²) in [5.74, 6) is -0.778. The molecule has 0 spiro atoms. The van der Waals surface area contributed by atoms with Crippen molar-refractivity contribution in [3.8, 4) is 0 Å². The van der Waals surface area contributed by atoms with Crippen LogP contribution in [0.1, 0.15) is 10.5 Å². The highest BCUT2D eigenvalue weighted by Gasteiger charge is 2.12. The van der Waals surface area contributed by atoms with Gasteiger partial charge in [-0.2, -0.15) is 0 Å². The monoisotopic (exact) mass is 378 g/mol. The Morgan fingerprint density at radius 2 is 2.22 bits per heavy atom. The fraction of sp³-hybridized carbons (Fsp3) is 0.133. The number of nitrogens with one attached hydrogen (secondary N) is 2. The Labute approximate surface area is 138 Å². The van der Waals surface area contributed by atoms with Gasteiger partial charge in [-0.15, -0.1) is 0 Å². The summed E-state index contributed by atoms with van der Waals surface area (Å²) in [4.78, 5) is 30.0. The van der Waals surface area contributed by atoms with Crippen LogP contribution in [0.15, 0.2) is 45.9 Å². The molecule has 23 heavy (non-hydrogen) atoms. The number of benzene rings is 1. The van der Waals surface area contributed by atoms with Crippen molar-refractivity contribution in [2.45, 2.75) is 6.54 Å². The Hall–Kier alpha value is -2.48. The van der Waals surface area contributed by atoms with E-state index in [0.29, 0.717) is 21.9 Å². The van der Waals surface area contributed by atoms with E-state index in [1.807, 2.05) is 0 Å². The molecular formula is C15H12BrFN4O2. The van der Waals surface area contributed by atoms with Crippen LogP contribution in [-0.4, -0.2) is 27.0 Å². The molecule has 6 nitrogen and oxygen atoms in total. The first-order valence-electron chi connectivity index (χ1n) is 6.82. The van der Waals surface area contributed by atoms with Gasteiger partial charge < -0.3 is 10.3 Å². The molecule has 0 bridgehead atoms. The van der Waals surface area contributed by atoms with E-state index >= 15 is 0 Å². The minimum absolute atomic E-state index is 0.256. The van der Waals surface area contributed by atoms with E-state index in [0.717, 1.165) is 0 Å². The van der Waals surface area contributed by atoms with Gasteiger partial charge in [0.05, 0.1) is 5.52 Å². The molecule has 0 aliphatic rings. The topological polar surface area (TPSA) is 79.8 Å². The molecule has 0 saturated heterocycles. The number of halogens is 2. The van der Waals surface area contributed by atoms with Crippen molar-refractivity contribution >= 4 is 32.7 Å². The van der Waals surface area contributed by atoms with Crippen molar-refractivity contribution in [3.05, 3.63) is 63.1 Å². The Morgan fingerprint density at radius 1 is 1.39 bits per heavy atom. The lowest BCUT2D eigenvalue weighted by Gasteiger charge is -2.05. The Balaban J connectivity index is 1.70. The van der Waals surface area contributed by atoms with Gasteiger partial charge in [0.25, 0.3) is 5.91 Å². The zero-order valence-electron chi connectivity index (χ0n) is 11.8. The van der Waals surface area contributed by atoms with Gasteiger partial charge in [-0.3, -0.25) is 9.36 Å². The minimum Gasteiger partial charge on any atom is -0.350 e. The summed E-state index contributed by atoms with van der Waals surface area (Å²) in [5.41, 5.74) is 0.417. The molecule has 0 fully saturated rings. The SMILES string of the molecule is O=C(NCCn1cccnc1=O)c1cc2c(F)cc(Br)cc2[nH]1. The zero-order chi connectivity index (χ0) is 16.4. The first-order valence-corrected chi connectivity index (χ1v) is 7.61. The molecule has 0 unspecified atom stereocenters. The molecule has 118 valence electrons. The molecule has 2 N–H and O–H groups in total. The predicted octanol–water partition coefficient (Wildman–Crippen LogP) is 2.06. The highest BCUT2D eigenvalue weighted by Crippen LogP contribution is 2.23. The fourth-order valence-corrected chi connectivity index (χ4v) is 2.65. The van der Waals surface area contributed by atoms with Crippen LogP contribution in [0.4, 0.5) is 4.39 Å². The van der Waals surface area contributed by atoms with Crippen molar-refractivity contribution < 1.29 is 9.18 Å². The molecule has 1 aromatic carbocycles. The highest BCUT2D eigenvalue weighted by molar-refractivity contribution is 9.10. The third kappa shape index (κ3) is 3.31. The lowest BCUT2D eigenvalue weighted by atomic mass is 10.2. The van der Waals surface area contributed by atoms with Crippen LogP contribution in [0, 0.1) is 5.82 Å². The average molecular weight is 379 g/mol. The molecule has 0 atom stereocenters. The van der Waals surface area contributed by atoms with Gasteiger partial charge in [0.1, 0.15) is 11.5 Å². The summed E-state index contributed by atoms with van der Waals surface area (Å²) in [6.07, 6.45) is 3.01. The smallest absolute Gasteiger partial charge is 0.347 e. The number of hydrogen-bond acceptors (Lipinski definition) is 3. The molecule has 3 rings (SSSR count). The second-order valence-corrected chi connectivity index (χ2v) is 5.80. The lowest BCUT2D eigenvalue weighted by Crippen LogP contribution is -2.31. The molecule has 2 aromatic heterocycles. The van der Waals surface area contributed by atoms with Crippen LogP contribution in [0.3, 0.4) is 0 Å². The number of rotatable bonds is 4. The van der Waals surface area contributed by atoms with Gasteiger partial charge in [0.2, 0.25) is 0 Å². The van der Waals surface area contributed by atoms with Crippen molar-refractivity contribution in [3.63, 3.8) is 0 Å². The highest BCUT2D eigenvalue weighted by atomic mass is 79.9. The number of hydrogen-bond donors (Lipinski definition) is 2. The molecule has 0 aliphatic heterocycles. The normalized spacial score (nSPS) is 10.9. The third-order valence-corrected chi connectivity index (χ3v) is 3.78. The number of carbonyl (C=O) groups excluding carboxylic acids is 1. The molecule has 3 aromatic rings. The minimum atomic E-state index is -0.411. The van der Waals surface area contributed by atoms with Gasteiger partial charge in [-0.1, -0.05) is 15.9 Å². The maximum Gasteiger partial charge on any atom is 0.347 e. The standard InChI is InChI=1S/C15H12BrFN4O2/c16-9-6-11(17)10-8-13(20-12(10)7-9)14(22)18-3-5-21-4-1-2-19-15(21)23/h1-2,4,6-8,20H,3,5H2,(H,18,22). The van der Waals surface area contributed by atoms with Crippen molar-refractivity contribution in [2.24, 2.45) is 0 Å². The van der Waals surface area contributed by atoms with Gasteiger partial charge in [-0.05, 0) is 24.3 Å². The first-order chi connectivity index (χ1) is 11.0. The number of H-pyrrole nitrogens is 1. The van der Waals surface area contributed by atoms with Crippen molar-refractivity contribution in [1.29, 1.82) is 0 Å². The summed E-state index contributed by atoms with van der Waals surface area (Å²) in [7, 11) is 0. The Bertz CT molecular complexity index is 935. The number of aromatic amines is 1. The van der Waals surface area contributed by atoms with Crippen LogP contribution >= 0.6 is 15.9 Å². The number of nitrogens with zero attached hydrogens (tertiary/aromatic N) is 2. The average Bonchev–Trinajstić information content (AvgIpc) is 2.93. The Kier molecular flexibility index (Phi) is 4.24. The quantitative estimate of drug-likeness (QED) is 0.728. The van der Waals surface area contributed by atoms with E-state index in [2.05, 4.69) is 31.2 Å². The van der Waals surface area contributed by atoms with Gasteiger partial charge in [0.15, 0.2) is 0 Å². The summed E-state index contributed by atoms with van der Waals surface area (Å²) in [6.45, 7) is 0.560. The molecule has 0 aliphatic carbocycles. The molecule has 2 heterocycles. The second kappa shape index (κ2) is 6.33. The maximum absolute atomic E-state index is 13.8. The molecule has 0 radical (unpaired) electrons. The van der Waals surface area contributed by atoms with Crippen molar-refractivity contribution in [2.75, 3.05) is 6.54 Å². The Morgan fingerprint density at radius 3 is 3.00 bits per heavy atom. The van der Waals surface area contributed by atoms with Gasteiger partial charge >= 0.3 is 5.69 Å². The van der Waals surface area contributed by atoms with Crippen molar-refractivity contribution in [1.82, 2.24) is 19.9 Å². The van der Waals surface area contributed by atoms with E-state index in [1.165, 1.54) is 22.9 Å². The molecule has 8 heteroatoms. The summed E-state index contributed by atoms with van der Waals surface area (Å²) >= 11 is 3.21. The first kappa shape index (κ1) is 15.4. The second-order valence-electron chi connectivity index (χ2n) is 4.88. The van der Waals surface area contributed by atoms with E-state index in [4.69, 9.17) is 0 Å². The molecule has 0 saturated carbocycles.